The highest BCUT2D eigenvalue weighted by Gasteiger charge is 2.20. The molecule has 0 radical (unpaired) electrons. The van der Waals surface area contributed by atoms with E-state index in [1.165, 1.54) is 11.1 Å². The van der Waals surface area contributed by atoms with Crippen molar-refractivity contribution in [3.63, 3.8) is 0 Å². The largest absolute Gasteiger partial charge is 0.398 e. The molecule has 0 saturated heterocycles. The first-order valence-electron chi connectivity index (χ1n) is 7.06. The van der Waals surface area contributed by atoms with Crippen LogP contribution in [-0.4, -0.2) is 17.4 Å². The van der Waals surface area contributed by atoms with Gasteiger partial charge in [0.2, 0.25) is 0 Å². The van der Waals surface area contributed by atoms with Crippen LogP contribution in [0.1, 0.15) is 27.9 Å². The Bertz CT molecular complexity index is 684. The number of nitrogens with zero attached hydrogens (tertiary/aromatic N) is 1. The third-order valence-electron chi connectivity index (χ3n) is 3.88. The first-order chi connectivity index (χ1) is 10.1. The third-order valence-corrected chi connectivity index (χ3v) is 4.61. The quantitative estimate of drug-likeness (QED) is 0.803. The van der Waals surface area contributed by atoms with E-state index in [-0.39, 0.29) is 5.91 Å². The van der Waals surface area contributed by atoms with Crippen molar-refractivity contribution in [2.45, 2.75) is 19.4 Å². The predicted molar refractivity (Wildman–Crippen MR) is 88.1 cm³/mol. The van der Waals surface area contributed by atoms with Gasteiger partial charge in [0.15, 0.2) is 0 Å². The van der Waals surface area contributed by atoms with E-state index in [4.69, 9.17) is 5.73 Å². The minimum absolute atomic E-state index is 0.0471. The van der Waals surface area contributed by atoms with Gasteiger partial charge in [-0.25, -0.2) is 0 Å². The minimum Gasteiger partial charge on any atom is -0.398 e. The lowest BCUT2D eigenvalue weighted by atomic mass is 10.0. The second-order valence-corrected chi connectivity index (χ2v) is 6.19. The van der Waals surface area contributed by atoms with E-state index in [0.29, 0.717) is 17.8 Å². The maximum atomic E-state index is 12.7. The predicted octanol–water partition coefficient (Wildman–Crippen LogP) is 3.62. The number of hydrogen-bond donors (Lipinski definition) is 1. The Balaban J connectivity index is 1.86. The summed E-state index contributed by atoms with van der Waals surface area (Å²) in [7, 11) is 0. The van der Waals surface area contributed by atoms with Crippen molar-refractivity contribution in [2.24, 2.45) is 0 Å². The monoisotopic (exact) mass is 344 g/mol. The molecule has 0 atom stereocenters. The van der Waals surface area contributed by atoms with Crippen LogP contribution in [0.3, 0.4) is 0 Å². The normalized spacial score (nSPS) is 14.4. The van der Waals surface area contributed by atoms with E-state index in [1.54, 1.807) is 6.07 Å². The number of benzene rings is 2. The SMILES string of the molecule is Nc1cc(C(=O)N2CCCc3ccccc3C2)ccc1Br. The van der Waals surface area contributed by atoms with Gasteiger partial charge in [0.1, 0.15) is 0 Å². The van der Waals surface area contributed by atoms with Crippen LogP contribution in [-0.2, 0) is 13.0 Å². The molecule has 2 aromatic rings. The Hall–Kier alpha value is -1.81. The van der Waals surface area contributed by atoms with E-state index in [9.17, 15) is 4.79 Å². The summed E-state index contributed by atoms with van der Waals surface area (Å²) in [6.07, 6.45) is 2.02. The molecule has 0 bridgehead atoms. The first kappa shape index (κ1) is 14.1. The molecule has 3 nitrogen and oxygen atoms in total. The molecular weight excluding hydrogens is 328 g/mol. The molecule has 0 fully saturated rings. The van der Waals surface area contributed by atoms with Gasteiger partial charge in [0, 0.05) is 28.8 Å². The molecule has 3 rings (SSSR count). The second kappa shape index (κ2) is 5.90. The third kappa shape index (κ3) is 2.95. The van der Waals surface area contributed by atoms with E-state index in [1.807, 2.05) is 23.1 Å². The molecule has 2 N–H and O–H groups in total. The molecule has 0 spiro atoms. The molecule has 0 unspecified atom stereocenters. The Morgan fingerprint density at radius 3 is 2.67 bits per heavy atom. The summed E-state index contributed by atoms with van der Waals surface area (Å²) >= 11 is 3.36. The van der Waals surface area contributed by atoms with Gasteiger partial charge < -0.3 is 10.6 Å². The summed E-state index contributed by atoms with van der Waals surface area (Å²) in [4.78, 5) is 14.6. The van der Waals surface area contributed by atoms with Crippen LogP contribution in [0.15, 0.2) is 46.9 Å². The standard InChI is InChI=1S/C17H17BrN2O/c18-15-8-7-13(10-16(15)19)17(21)20-9-3-6-12-4-1-2-5-14(12)11-20/h1-2,4-5,7-8,10H,3,6,9,11,19H2. The van der Waals surface area contributed by atoms with Crippen LogP contribution < -0.4 is 5.73 Å². The molecule has 4 heteroatoms. The summed E-state index contributed by atoms with van der Waals surface area (Å²) in [6, 6.07) is 13.7. The zero-order valence-corrected chi connectivity index (χ0v) is 13.3. The van der Waals surface area contributed by atoms with Crippen molar-refractivity contribution < 1.29 is 4.79 Å². The fourth-order valence-electron chi connectivity index (χ4n) is 2.73. The zero-order chi connectivity index (χ0) is 14.8. The lowest BCUT2D eigenvalue weighted by molar-refractivity contribution is 0.0746. The average Bonchev–Trinajstić information content (AvgIpc) is 2.71. The maximum absolute atomic E-state index is 12.7. The van der Waals surface area contributed by atoms with Crippen molar-refractivity contribution in [2.75, 3.05) is 12.3 Å². The fourth-order valence-corrected chi connectivity index (χ4v) is 2.98. The van der Waals surface area contributed by atoms with Gasteiger partial charge in [-0.05, 0) is 58.1 Å². The number of hydrogen-bond acceptors (Lipinski definition) is 2. The average molecular weight is 345 g/mol. The Labute approximate surface area is 132 Å². The van der Waals surface area contributed by atoms with Gasteiger partial charge in [0.25, 0.3) is 5.91 Å². The molecule has 1 heterocycles. The summed E-state index contributed by atoms with van der Waals surface area (Å²) in [5.41, 5.74) is 9.71. The smallest absolute Gasteiger partial charge is 0.254 e. The molecular formula is C17H17BrN2O. The number of amides is 1. The molecule has 1 amide bonds. The summed E-state index contributed by atoms with van der Waals surface area (Å²) in [6.45, 7) is 1.45. The minimum atomic E-state index is 0.0471. The summed E-state index contributed by atoms with van der Waals surface area (Å²) in [5, 5.41) is 0. The van der Waals surface area contributed by atoms with Crippen molar-refractivity contribution >= 4 is 27.5 Å². The van der Waals surface area contributed by atoms with E-state index >= 15 is 0 Å². The van der Waals surface area contributed by atoms with Gasteiger partial charge in [-0.3, -0.25) is 4.79 Å². The number of halogens is 1. The number of carbonyl (C=O) groups excluding carboxylic acids is 1. The van der Waals surface area contributed by atoms with Gasteiger partial charge in [-0.15, -0.1) is 0 Å². The molecule has 2 aromatic carbocycles. The number of rotatable bonds is 1. The number of carbonyl (C=O) groups is 1. The zero-order valence-electron chi connectivity index (χ0n) is 11.7. The van der Waals surface area contributed by atoms with Crippen LogP contribution in [0.5, 0.6) is 0 Å². The summed E-state index contributed by atoms with van der Waals surface area (Å²) in [5.74, 6) is 0.0471. The van der Waals surface area contributed by atoms with Crippen molar-refractivity contribution in [1.29, 1.82) is 0 Å². The second-order valence-electron chi connectivity index (χ2n) is 5.34. The van der Waals surface area contributed by atoms with Crippen molar-refractivity contribution in [3.05, 3.63) is 63.6 Å². The fraction of sp³-hybridized carbons (Fsp3) is 0.235. The molecule has 21 heavy (non-hydrogen) atoms. The van der Waals surface area contributed by atoms with Gasteiger partial charge >= 0.3 is 0 Å². The maximum Gasteiger partial charge on any atom is 0.254 e. The summed E-state index contributed by atoms with van der Waals surface area (Å²) < 4.78 is 0.820. The Morgan fingerprint density at radius 1 is 1.14 bits per heavy atom. The van der Waals surface area contributed by atoms with Crippen LogP contribution in [0.2, 0.25) is 0 Å². The van der Waals surface area contributed by atoms with E-state index < -0.39 is 0 Å². The number of fused-ring (bicyclic) bond motifs is 1. The Morgan fingerprint density at radius 2 is 1.90 bits per heavy atom. The number of nitrogens with two attached hydrogens (primary N) is 1. The first-order valence-corrected chi connectivity index (χ1v) is 7.85. The lowest BCUT2D eigenvalue weighted by Crippen LogP contribution is -2.30. The highest BCUT2D eigenvalue weighted by Crippen LogP contribution is 2.23. The number of aryl methyl sites for hydroxylation is 1. The highest BCUT2D eigenvalue weighted by molar-refractivity contribution is 9.10. The van der Waals surface area contributed by atoms with Crippen LogP contribution in [0.4, 0.5) is 5.69 Å². The van der Waals surface area contributed by atoms with Crippen LogP contribution >= 0.6 is 15.9 Å². The Kier molecular flexibility index (Phi) is 3.97. The highest BCUT2D eigenvalue weighted by atomic mass is 79.9. The molecule has 108 valence electrons. The lowest BCUT2D eigenvalue weighted by Gasteiger charge is -2.21. The molecule has 0 saturated carbocycles. The van der Waals surface area contributed by atoms with Crippen LogP contribution in [0, 0.1) is 0 Å². The molecule has 1 aliphatic heterocycles. The van der Waals surface area contributed by atoms with Crippen molar-refractivity contribution in [1.82, 2.24) is 4.90 Å². The van der Waals surface area contributed by atoms with Crippen LogP contribution in [0.25, 0.3) is 0 Å². The number of nitrogen functional groups attached to an aromatic ring is 1. The topological polar surface area (TPSA) is 46.3 Å². The van der Waals surface area contributed by atoms with Gasteiger partial charge in [0.05, 0.1) is 0 Å². The molecule has 0 aromatic heterocycles. The van der Waals surface area contributed by atoms with Gasteiger partial charge in [-0.2, -0.15) is 0 Å². The van der Waals surface area contributed by atoms with Crippen molar-refractivity contribution in [3.8, 4) is 0 Å². The van der Waals surface area contributed by atoms with E-state index in [2.05, 4.69) is 34.1 Å². The van der Waals surface area contributed by atoms with E-state index in [0.717, 1.165) is 23.9 Å². The number of anilines is 1. The molecule has 1 aliphatic rings. The molecule has 0 aliphatic carbocycles. The van der Waals surface area contributed by atoms with Gasteiger partial charge in [-0.1, -0.05) is 24.3 Å².